The van der Waals surface area contributed by atoms with E-state index in [4.69, 9.17) is 14.4 Å². The average Bonchev–Trinajstić information content (AvgIpc) is 2.87. The van der Waals surface area contributed by atoms with Gasteiger partial charge in [-0.05, 0) is 24.3 Å². The number of para-hydroxylation sites is 2. The molecule has 0 N–H and O–H groups in total. The van der Waals surface area contributed by atoms with Crippen LogP contribution in [0.25, 0.3) is 0 Å². The molecule has 0 amide bonds. The molecule has 0 saturated heterocycles. The number of ether oxygens (including phenoxy) is 1. The lowest BCUT2D eigenvalue weighted by molar-refractivity contribution is 0.304. The number of fused-ring (bicyclic) bond motifs is 1. The molecule has 18 heavy (non-hydrogen) atoms. The third-order valence-electron chi connectivity index (χ3n) is 2.94. The van der Waals surface area contributed by atoms with Crippen LogP contribution in [0.2, 0.25) is 0 Å². The van der Waals surface area contributed by atoms with Gasteiger partial charge in [0, 0.05) is 0 Å². The van der Waals surface area contributed by atoms with Gasteiger partial charge in [-0.1, -0.05) is 12.1 Å². The van der Waals surface area contributed by atoms with Crippen LogP contribution in [-0.2, 0) is 6.54 Å². The Morgan fingerprint density at radius 1 is 1.22 bits per heavy atom. The van der Waals surface area contributed by atoms with Gasteiger partial charge in [-0.15, -0.1) is 0 Å². The Kier molecular flexibility index (Phi) is 2.66. The fourth-order valence-electron chi connectivity index (χ4n) is 2.10. The second kappa shape index (κ2) is 4.46. The van der Waals surface area contributed by atoms with E-state index < -0.39 is 0 Å². The molecule has 1 aromatic heterocycles. The summed E-state index contributed by atoms with van der Waals surface area (Å²) in [6.07, 6.45) is 0. The second-order valence-corrected chi connectivity index (χ2v) is 4.12. The summed E-state index contributed by atoms with van der Waals surface area (Å²) in [6, 6.07) is 13.5. The highest BCUT2D eigenvalue weighted by atomic mass is 16.5. The number of hydrogen-bond donors (Lipinski definition) is 0. The van der Waals surface area contributed by atoms with Crippen molar-refractivity contribution < 1.29 is 9.15 Å². The largest absolute Gasteiger partial charge is 0.490 e. The Labute approximate surface area is 105 Å². The Morgan fingerprint density at radius 2 is 2.11 bits per heavy atom. The van der Waals surface area contributed by atoms with Crippen molar-refractivity contribution in [3.8, 4) is 11.8 Å². The summed E-state index contributed by atoms with van der Waals surface area (Å²) >= 11 is 0. The molecule has 0 unspecified atom stereocenters. The van der Waals surface area contributed by atoms with Crippen LogP contribution in [0.4, 0.5) is 5.69 Å². The maximum atomic E-state index is 8.74. The quantitative estimate of drug-likeness (QED) is 0.809. The summed E-state index contributed by atoms with van der Waals surface area (Å²) in [4.78, 5) is 2.19. The zero-order valence-electron chi connectivity index (χ0n) is 9.80. The first kappa shape index (κ1) is 10.7. The van der Waals surface area contributed by atoms with E-state index in [2.05, 4.69) is 4.90 Å². The van der Waals surface area contributed by atoms with Crippen molar-refractivity contribution in [3.05, 3.63) is 47.9 Å². The van der Waals surface area contributed by atoms with Crippen LogP contribution < -0.4 is 9.64 Å². The monoisotopic (exact) mass is 240 g/mol. The van der Waals surface area contributed by atoms with E-state index in [-0.39, 0.29) is 0 Å². The van der Waals surface area contributed by atoms with E-state index in [0.717, 1.165) is 23.7 Å². The molecule has 0 spiro atoms. The van der Waals surface area contributed by atoms with Gasteiger partial charge in [0.05, 0.1) is 18.8 Å². The molecule has 0 saturated carbocycles. The summed E-state index contributed by atoms with van der Waals surface area (Å²) in [6.45, 7) is 2.14. The van der Waals surface area contributed by atoms with Crippen molar-refractivity contribution in [1.82, 2.24) is 0 Å². The Hall–Kier alpha value is -2.41. The molecule has 0 bridgehead atoms. The summed E-state index contributed by atoms with van der Waals surface area (Å²) in [5.74, 6) is 2.05. The average molecular weight is 240 g/mol. The molecule has 90 valence electrons. The van der Waals surface area contributed by atoms with E-state index in [9.17, 15) is 0 Å². The van der Waals surface area contributed by atoms with Gasteiger partial charge in [0.25, 0.3) is 0 Å². The van der Waals surface area contributed by atoms with Crippen molar-refractivity contribution >= 4 is 5.69 Å². The Morgan fingerprint density at radius 3 is 2.94 bits per heavy atom. The molecule has 2 aromatic rings. The maximum Gasteiger partial charge on any atom is 0.203 e. The number of anilines is 1. The third-order valence-corrected chi connectivity index (χ3v) is 2.94. The zero-order chi connectivity index (χ0) is 12.4. The molecule has 2 heterocycles. The normalized spacial score (nSPS) is 13.6. The topological polar surface area (TPSA) is 49.4 Å². The van der Waals surface area contributed by atoms with Gasteiger partial charge in [0.15, 0.2) is 0 Å². The van der Waals surface area contributed by atoms with Crippen LogP contribution in [0, 0.1) is 11.3 Å². The molecule has 4 heteroatoms. The van der Waals surface area contributed by atoms with Crippen LogP contribution in [0.5, 0.6) is 5.75 Å². The van der Waals surface area contributed by atoms with Gasteiger partial charge >= 0.3 is 0 Å². The van der Waals surface area contributed by atoms with Crippen molar-refractivity contribution in [2.45, 2.75) is 6.54 Å². The van der Waals surface area contributed by atoms with Crippen molar-refractivity contribution in [2.75, 3.05) is 18.1 Å². The lowest BCUT2D eigenvalue weighted by atomic mass is 10.2. The number of nitriles is 1. The van der Waals surface area contributed by atoms with Gasteiger partial charge in [-0.2, -0.15) is 5.26 Å². The van der Waals surface area contributed by atoms with E-state index in [1.54, 1.807) is 6.07 Å². The number of benzene rings is 1. The molecule has 4 nitrogen and oxygen atoms in total. The SMILES string of the molecule is N#Cc1ccc(CN2CCOc3ccccc32)o1. The first-order valence-electron chi connectivity index (χ1n) is 5.82. The molecule has 0 radical (unpaired) electrons. The van der Waals surface area contributed by atoms with Crippen LogP contribution in [-0.4, -0.2) is 13.2 Å². The summed E-state index contributed by atoms with van der Waals surface area (Å²) in [5, 5.41) is 8.74. The molecule has 3 rings (SSSR count). The fourth-order valence-corrected chi connectivity index (χ4v) is 2.10. The number of nitrogens with zero attached hydrogens (tertiary/aromatic N) is 2. The number of rotatable bonds is 2. The molecular formula is C14H12N2O2. The first-order chi connectivity index (χ1) is 8.86. The van der Waals surface area contributed by atoms with E-state index in [1.165, 1.54) is 0 Å². The zero-order valence-corrected chi connectivity index (χ0v) is 9.80. The van der Waals surface area contributed by atoms with Gasteiger partial charge in [0.1, 0.15) is 24.2 Å². The highest BCUT2D eigenvalue weighted by Crippen LogP contribution is 2.32. The standard InChI is InChI=1S/C14H12N2O2/c15-9-11-5-6-12(18-11)10-16-7-8-17-14-4-2-1-3-13(14)16/h1-6H,7-8,10H2. The van der Waals surface area contributed by atoms with Gasteiger partial charge < -0.3 is 14.1 Å². The second-order valence-electron chi connectivity index (χ2n) is 4.12. The summed E-state index contributed by atoms with van der Waals surface area (Å²) in [7, 11) is 0. The summed E-state index contributed by atoms with van der Waals surface area (Å²) in [5.41, 5.74) is 1.07. The third kappa shape index (κ3) is 1.91. The van der Waals surface area contributed by atoms with Crippen molar-refractivity contribution in [3.63, 3.8) is 0 Å². The molecule has 1 aliphatic heterocycles. The fraction of sp³-hybridized carbons (Fsp3) is 0.214. The minimum Gasteiger partial charge on any atom is -0.490 e. The predicted molar refractivity (Wildman–Crippen MR) is 66.4 cm³/mol. The van der Waals surface area contributed by atoms with Gasteiger partial charge in [0.2, 0.25) is 5.76 Å². The van der Waals surface area contributed by atoms with Crippen molar-refractivity contribution in [1.29, 1.82) is 5.26 Å². The van der Waals surface area contributed by atoms with Gasteiger partial charge in [-0.25, -0.2) is 0 Å². The minimum atomic E-state index is 0.353. The lowest BCUT2D eigenvalue weighted by Crippen LogP contribution is -2.31. The highest BCUT2D eigenvalue weighted by molar-refractivity contribution is 5.59. The Bertz CT molecular complexity index is 598. The smallest absolute Gasteiger partial charge is 0.203 e. The predicted octanol–water partition coefficient (Wildman–Crippen LogP) is 2.55. The molecule has 0 fully saturated rings. The highest BCUT2D eigenvalue weighted by Gasteiger charge is 2.18. The molecule has 1 aliphatic rings. The Balaban J connectivity index is 1.84. The molecular weight excluding hydrogens is 228 g/mol. The van der Waals surface area contributed by atoms with Crippen LogP contribution in [0.15, 0.2) is 40.8 Å². The first-order valence-corrected chi connectivity index (χ1v) is 5.82. The number of furan rings is 1. The van der Waals surface area contributed by atoms with Crippen LogP contribution in [0.1, 0.15) is 11.5 Å². The summed E-state index contributed by atoms with van der Waals surface area (Å²) < 4.78 is 11.0. The van der Waals surface area contributed by atoms with Crippen LogP contribution in [0.3, 0.4) is 0 Å². The minimum absolute atomic E-state index is 0.353. The molecule has 1 aromatic carbocycles. The van der Waals surface area contributed by atoms with E-state index in [0.29, 0.717) is 18.9 Å². The van der Waals surface area contributed by atoms with Crippen molar-refractivity contribution in [2.24, 2.45) is 0 Å². The molecule has 0 aliphatic carbocycles. The van der Waals surface area contributed by atoms with E-state index >= 15 is 0 Å². The lowest BCUT2D eigenvalue weighted by Gasteiger charge is -2.30. The molecule has 0 atom stereocenters. The van der Waals surface area contributed by atoms with E-state index in [1.807, 2.05) is 36.4 Å². The van der Waals surface area contributed by atoms with Crippen LogP contribution >= 0.6 is 0 Å². The maximum absolute atomic E-state index is 8.74. The number of hydrogen-bond acceptors (Lipinski definition) is 4. The van der Waals surface area contributed by atoms with Gasteiger partial charge in [-0.3, -0.25) is 0 Å².